The third-order valence-corrected chi connectivity index (χ3v) is 4.07. The molecule has 0 aromatic heterocycles. The summed E-state index contributed by atoms with van der Waals surface area (Å²) in [6, 6.07) is 6.74. The lowest BCUT2D eigenvalue weighted by molar-refractivity contribution is -0.144. The largest absolute Gasteiger partial charge is 0.481 e. The van der Waals surface area contributed by atoms with Gasteiger partial charge in [0, 0.05) is 0 Å². The summed E-state index contributed by atoms with van der Waals surface area (Å²) < 4.78 is 0. The molecule has 1 aliphatic heterocycles. The third kappa shape index (κ3) is 3.48. The van der Waals surface area contributed by atoms with Gasteiger partial charge in [0.15, 0.2) is 0 Å². The second-order valence-electron chi connectivity index (χ2n) is 5.54. The SMILES string of the molecule is CC1CCCCC1C(=O)O.O=C1NC(=O)c2ccccc21. The van der Waals surface area contributed by atoms with E-state index in [4.69, 9.17) is 5.11 Å². The van der Waals surface area contributed by atoms with Gasteiger partial charge in [0.05, 0.1) is 17.0 Å². The van der Waals surface area contributed by atoms with E-state index in [2.05, 4.69) is 5.32 Å². The van der Waals surface area contributed by atoms with Crippen molar-refractivity contribution in [3.8, 4) is 0 Å². The Labute approximate surface area is 123 Å². The highest BCUT2D eigenvalue weighted by Crippen LogP contribution is 2.29. The first-order valence-corrected chi connectivity index (χ1v) is 7.18. The molecule has 0 saturated heterocycles. The molecule has 0 spiro atoms. The van der Waals surface area contributed by atoms with E-state index < -0.39 is 5.97 Å². The Morgan fingerprint density at radius 3 is 2.05 bits per heavy atom. The Balaban J connectivity index is 0.000000155. The van der Waals surface area contributed by atoms with Crippen LogP contribution >= 0.6 is 0 Å². The maximum absolute atomic E-state index is 10.9. The van der Waals surface area contributed by atoms with Gasteiger partial charge in [0.25, 0.3) is 11.8 Å². The average molecular weight is 289 g/mol. The number of carbonyl (C=O) groups is 3. The molecule has 2 aliphatic rings. The highest BCUT2D eigenvalue weighted by atomic mass is 16.4. The van der Waals surface area contributed by atoms with Crippen LogP contribution in [0.4, 0.5) is 0 Å². The van der Waals surface area contributed by atoms with Crippen LogP contribution in [0.5, 0.6) is 0 Å². The van der Waals surface area contributed by atoms with Crippen molar-refractivity contribution < 1.29 is 19.5 Å². The normalized spacial score (nSPS) is 23.7. The highest BCUT2D eigenvalue weighted by molar-refractivity contribution is 6.21. The number of amides is 2. The number of benzene rings is 1. The zero-order valence-electron chi connectivity index (χ0n) is 12.0. The number of nitrogens with one attached hydrogen (secondary N) is 1. The van der Waals surface area contributed by atoms with E-state index in [9.17, 15) is 14.4 Å². The molecular weight excluding hydrogens is 270 g/mol. The van der Waals surface area contributed by atoms with Crippen LogP contribution < -0.4 is 5.32 Å². The summed E-state index contributed by atoms with van der Waals surface area (Å²) in [4.78, 5) is 32.5. The standard InChI is InChI=1S/C8H5NO2.C8H14O2/c10-7-5-3-1-2-4-6(5)8(11)9-7;1-6-4-2-3-5-7(6)8(9)10/h1-4H,(H,9,10,11);6-7H,2-5H2,1H3,(H,9,10). The maximum Gasteiger partial charge on any atom is 0.306 e. The summed E-state index contributed by atoms with van der Waals surface area (Å²) >= 11 is 0. The van der Waals surface area contributed by atoms with Crippen molar-refractivity contribution in [2.75, 3.05) is 0 Å². The fourth-order valence-corrected chi connectivity index (χ4v) is 2.80. The summed E-state index contributed by atoms with van der Waals surface area (Å²) in [6.07, 6.45) is 4.29. The van der Waals surface area contributed by atoms with Gasteiger partial charge in [-0.25, -0.2) is 0 Å². The average Bonchev–Trinajstić information content (AvgIpc) is 2.76. The van der Waals surface area contributed by atoms with Gasteiger partial charge >= 0.3 is 5.97 Å². The molecule has 1 saturated carbocycles. The van der Waals surface area contributed by atoms with Crippen LogP contribution in [0.25, 0.3) is 0 Å². The molecule has 21 heavy (non-hydrogen) atoms. The van der Waals surface area contributed by atoms with Gasteiger partial charge in [0.2, 0.25) is 0 Å². The van der Waals surface area contributed by atoms with Gasteiger partial charge in [0.1, 0.15) is 0 Å². The molecule has 1 aliphatic carbocycles. The van der Waals surface area contributed by atoms with Gasteiger partial charge in [-0.15, -0.1) is 0 Å². The van der Waals surface area contributed by atoms with E-state index in [0.717, 1.165) is 19.3 Å². The molecule has 1 aromatic rings. The third-order valence-electron chi connectivity index (χ3n) is 4.07. The van der Waals surface area contributed by atoms with Crippen molar-refractivity contribution in [2.24, 2.45) is 11.8 Å². The number of hydrogen-bond acceptors (Lipinski definition) is 3. The van der Waals surface area contributed by atoms with E-state index in [1.54, 1.807) is 24.3 Å². The monoisotopic (exact) mass is 289 g/mol. The summed E-state index contributed by atoms with van der Waals surface area (Å²) in [5, 5.41) is 10.9. The van der Waals surface area contributed by atoms with Crippen LogP contribution in [0, 0.1) is 11.8 Å². The predicted molar refractivity (Wildman–Crippen MR) is 77.0 cm³/mol. The lowest BCUT2D eigenvalue weighted by Crippen LogP contribution is -2.24. The lowest BCUT2D eigenvalue weighted by Gasteiger charge is -2.24. The van der Waals surface area contributed by atoms with E-state index in [1.165, 1.54) is 6.42 Å². The molecule has 1 heterocycles. The van der Waals surface area contributed by atoms with E-state index >= 15 is 0 Å². The Hall–Kier alpha value is -2.17. The summed E-state index contributed by atoms with van der Waals surface area (Å²) in [6.45, 7) is 2.04. The number of rotatable bonds is 1. The van der Waals surface area contributed by atoms with Crippen molar-refractivity contribution >= 4 is 17.8 Å². The molecule has 2 amide bonds. The number of hydrogen-bond donors (Lipinski definition) is 2. The fourth-order valence-electron chi connectivity index (χ4n) is 2.80. The fraction of sp³-hybridized carbons (Fsp3) is 0.438. The number of carboxylic acid groups (broad SMARTS) is 1. The van der Waals surface area contributed by atoms with Gasteiger partial charge in [-0.1, -0.05) is 31.9 Å². The van der Waals surface area contributed by atoms with Crippen molar-refractivity contribution in [1.29, 1.82) is 0 Å². The zero-order valence-corrected chi connectivity index (χ0v) is 12.0. The molecule has 2 N–H and O–H groups in total. The molecule has 112 valence electrons. The lowest BCUT2D eigenvalue weighted by atomic mass is 9.81. The van der Waals surface area contributed by atoms with Crippen LogP contribution in [-0.4, -0.2) is 22.9 Å². The van der Waals surface area contributed by atoms with Crippen LogP contribution in [0.2, 0.25) is 0 Å². The van der Waals surface area contributed by atoms with E-state index in [0.29, 0.717) is 17.0 Å². The molecular formula is C16H19NO4. The van der Waals surface area contributed by atoms with Crippen molar-refractivity contribution in [3.63, 3.8) is 0 Å². The summed E-state index contributed by atoms with van der Waals surface area (Å²) in [5.41, 5.74) is 0.940. The second-order valence-corrected chi connectivity index (χ2v) is 5.54. The summed E-state index contributed by atoms with van der Waals surface area (Å²) in [7, 11) is 0. The van der Waals surface area contributed by atoms with E-state index in [1.807, 2.05) is 6.92 Å². The molecule has 0 radical (unpaired) electrons. The minimum atomic E-state index is -0.604. The van der Waals surface area contributed by atoms with Crippen molar-refractivity contribution in [3.05, 3.63) is 35.4 Å². The van der Waals surface area contributed by atoms with Crippen molar-refractivity contribution in [1.82, 2.24) is 5.32 Å². The van der Waals surface area contributed by atoms with Gasteiger partial charge in [-0.05, 0) is 30.9 Å². The number of imide groups is 1. The Kier molecular flexibility index (Phi) is 4.73. The van der Waals surface area contributed by atoms with Crippen LogP contribution in [0.1, 0.15) is 53.3 Å². The summed E-state index contributed by atoms with van der Waals surface area (Å²) in [5.74, 6) is -0.872. The molecule has 2 unspecified atom stereocenters. The first-order valence-electron chi connectivity index (χ1n) is 7.18. The van der Waals surface area contributed by atoms with Crippen LogP contribution in [0.3, 0.4) is 0 Å². The molecule has 2 atom stereocenters. The van der Waals surface area contributed by atoms with Gasteiger partial charge < -0.3 is 5.11 Å². The molecule has 5 nitrogen and oxygen atoms in total. The number of carboxylic acids is 1. The second kappa shape index (κ2) is 6.52. The minimum absolute atomic E-state index is 0.0613. The smallest absolute Gasteiger partial charge is 0.306 e. The first-order chi connectivity index (χ1) is 10.0. The molecule has 3 rings (SSSR count). The minimum Gasteiger partial charge on any atom is -0.481 e. The Morgan fingerprint density at radius 2 is 1.62 bits per heavy atom. The quantitative estimate of drug-likeness (QED) is 0.778. The zero-order chi connectivity index (χ0) is 15.4. The number of aliphatic carboxylic acids is 1. The highest BCUT2D eigenvalue weighted by Gasteiger charge is 2.27. The van der Waals surface area contributed by atoms with Crippen LogP contribution in [-0.2, 0) is 4.79 Å². The maximum atomic E-state index is 10.9. The number of fused-ring (bicyclic) bond motifs is 1. The van der Waals surface area contributed by atoms with Gasteiger partial charge in [-0.3, -0.25) is 19.7 Å². The Morgan fingerprint density at radius 1 is 1.10 bits per heavy atom. The Bertz CT molecular complexity index is 534. The topological polar surface area (TPSA) is 83.5 Å². The first kappa shape index (κ1) is 15.2. The van der Waals surface area contributed by atoms with Crippen LogP contribution in [0.15, 0.2) is 24.3 Å². The molecule has 1 fully saturated rings. The molecule has 0 bridgehead atoms. The molecule has 5 heteroatoms. The number of carbonyl (C=O) groups excluding carboxylic acids is 2. The predicted octanol–water partition coefficient (Wildman–Crippen LogP) is 2.47. The van der Waals surface area contributed by atoms with Crippen molar-refractivity contribution in [2.45, 2.75) is 32.6 Å². The van der Waals surface area contributed by atoms with Gasteiger partial charge in [-0.2, -0.15) is 0 Å². The molecule has 1 aromatic carbocycles. The van der Waals surface area contributed by atoms with E-state index in [-0.39, 0.29) is 17.7 Å².